The number of nitrogens with one attached hydrogen (secondary N) is 1. The van der Waals surface area contributed by atoms with E-state index in [1.54, 1.807) is 0 Å². The number of nitrogens with zero attached hydrogens (tertiary/aromatic N) is 1. The summed E-state index contributed by atoms with van der Waals surface area (Å²) in [5.41, 5.74) is -0.427. The van der Waals surface area contributed by atoms with E-state index < -0.39 is 17.8 Å². The van der Waals surface area contributed by atoms with Gasteiger partial charge in [-0.15, -0.1) is 0 Å². The molecule has 0 radical (unpaired) electrons. The molecule has 0 spiro atoms. The van der Waals surface area contributed by atoms with Crippen molar-refractivity contribution in [3.63, 3.8) is 0 Å². The van der Waals surface area contributed by atoms with Crippen LogP contribution < -0.4 is 10.2 Å². The second-order valence-electron chi connectivity index (χ2n) is 5.51. The standard InChI is InChI=1S/C16H19F3N2O3/c1-11(22)21(9-8-20-15(23)14-3-2-10-24-14)13-6-4-12(5-7-13)16(17,18)19/h4-7,14H,2-3,8-10H2,1H3,(H,20,23). The number of hydrogen-bond acceptors (Lipinski definition) is 3. The summed E-state index contributed by atoms with van der Waals surface area (Å²) < 4.78 is 43.0. The third kappa shape index (κ3) is 4.70. The monoisotopic (exact) mass is 344 g/mol. The molecule has 1 aromatic carbocycles. The molecule has 8 heteroatoms. The van der Waals surface area contributed by atoms with E-state index in [1.807, 2.05) is 0 Å². The van der Waals surface area contributed by atoms with E-state index in [9.17, 15) is 22.8 Å². The molecule has 24 heavy (non-hydrogen) atoms. The molecule has 0 saturated carbocycles. The quantitative estimate of drug-likeness (QED) is 0.892. The van der Waals surface area contributed by atoms with Gasteiger partial charge in [0.05, 0.1) is 5.56 Å². The fraction of sp³-hybridized carbons (Fsp3) is 0.500. The van der Waals surface area contributed by atoms with Gasteiger partial charge < -0.3 is 15.0 Å². The van der Waals surface area contributed by atoms with E-state index >= 15 is 0 Å². The molecule has 5 nitrogen and oxygen atoms in total. The maximum absolute atomic E-state index is 12.6. The van der Waals surface area contributed by atoms with Crippen LogP contribution in [0.15, 0.2) is 24.3 Å². The van der Waals surface area contributed by atoms with E-state index in [0.29, 0.717) is 18.7 Å². The zero-order valence-electron chi connectivity index (χ0n) is 13.2. The van der Waals surface area contributed by atoms with Gasteiger partial charge in [-0.05, 0) is 37.1 Å². The highest BCUT2D eigenvalue weighted by atomic mass is 19.4. The van der Waals surface area contributed by atoms with E-state index in [-0.39, 0.29) is 24.9 Å². The lowest BCUT2D eigenvalue weighted by molar-refractivity contribution is -0.137. The van der Waals surface area contributed by atoms with Gasteiger partial charge in [-0.3, -0.25) is 9.59 Å². The minimum absolute atomic E-state index is 0.166. The Bertz CT molecular complexity index is 581. The predicted octanol–water partition coefficient (Wildman–Crippen LogP) is 2.35. The third-order valence-electron chi connectivity index (χ3n) is 3.74. The molecular weight excluding hydrogens is 325 g/mol. The van der Waals surface area contributed by atoms with Crippen LogP contribution in [0.4, 0.5) is 18.9 Å². The number of halogens is 3. The molecular formula is C16H19F3N2O3. The van der Waals surface area contributed by atoms with Crippen molar-refractivity contribution in [3.8, 4) is 0 Å². The predicted molar refractivity (Wildman–Crippen MR) is 81.5 cm³/mol. The van der Waals surface area contributed by atoms with Crippen molar-refractivity contribution in [3.05, 3.63) is 29.8 Å². The Balaban J connectivity index is 1.94. The number of rotatable bonds is 5. The minimum Gasteiger partial charge on any atom is -0.368 e. The van der Waals surface area contributed by atoms with Crippen molar-refractivity contribution in [2.24, 2.45) is 0 Å². The van der Waals surface area contributed by atoms with Crippen LogP contribution in [0.3, 0.4) is 0 Å². The summed E-state index contributed by atoms with van der Waals surface area (Å²) in [4.78, 5) is 24.9. The van der Waals surface area contributed by atoms with Gasteiger partial charge in [0.15, 0.2) is 0 Å². The number of hydrogen-bond donors (Lipinski definition) is 1. The highest BCUT2D eigenvalue weighted by molar-refractivity contribution is 5.91. The minimum atomic E-state index is -4.42. The lowest BCUT2D eigenvalue weighted by Crippen LogP contribution is -2.41. The second kappa shape index (κ2) is 7.65. The normalized spacial score (nSPS) is 17.6. The molecule has 1 aromatic rings. The Kier molecular flexibility index (Phi) is 5.82. The van der Waals surface area contributed by atoms with Crippen LogP contribution in [0, 0.1) is 0 Å². The first-order valence-electron chi connectivity index (χ1n) is 7.63. The molecule has 132 valence electrons. The Morgan fingerprint density at radius 3 is 2.46 bits per heavy atom. The smallest absolute Gasteiger partial charge is 0.368 e. The summed E-state index contributed by atoms with van der Waals surface area (Å²) in [6.07, 6.45) is -3.37. The van der Waals surface area contributed by atoms with E-state index in [2.05, 4.69) is 5.32 Å². The van der Waals surface area contributed by atoms with Crippen molar-refractivity contribution in [2.45, 2.75) is 32.0 Å². The first-order valence-corrected chi connectivity index (χ1v) is 7.63. The van der Waals surface area contributed by atoms with Gasteiger partial charge in [0.2, 0.25) is 11.8 Å². The first-order chi connectivity index (χ1) is 11.3. The summed E-state index contributed by atoms with van der Waals surface area (Å²) in [5.74, 6) is -0.551. The van der Waals surface area contributed by atoms with Crippen LogP contribution in [0.25, 0.3) is 0 Å². The Labute approximate surface area is 137 Å². The molecule has 2 amide bonds. The van der Waals surface area contributed by atoms with Gasteiger partial charge in [0.25, 0.3) is 0 Å². The van der Waals surface area contributed by atoms with E-state index in [0.717, 1.165) is 18.6 Å². The zero-order chi connectivity index (χ0) is 17.7. The average Bonchev–Trinajstić information content (AvgIpc) is 3.05. The van der Waals surface area contributed by atoms with Crippen molar-refractivity contribution in [1.29, 1.82) is 0 Å². The second-order valence-corrected chi connectivity index (χ2v) is 5.51. The topological polar surface area (TPSA) is 58.6 Å². The van der Waals surface area contributed by atoms with Gasteiger partial charge in [-0.2, -0.15) is 13.2 Å². The highest BCUT2D eigenvalue weighted by Gasteiger charge is 2.30. The summed E-state index contributed by atoms with van der Waals surface area (Å²) in [6, 6.07) is 4.34. The van der Waals surface area contributed by atoms with Crippen molar-refractivity contribution < 1.29 is 27.5 Å². The fourth-order valence-electron chi connectivity index (χ4n) is 2.49. The molecule has 1 N–H and O–H groups in total. The molecule has 1 fully saturated rings. The number of ether oxygens (including phenoxy) is 1. The average molecular weight is 344 g/mol. The van der Waals surface area contributed by atoms with Gasteiger partial charge in [-0.1, -0.05) is 0 Å². The van der Waals surface area contributed by atoms with Crippen molar-refractivity contribution in [1.82, 2.24) is 5.32 Å². The molecule has 2 rings (SSSR count). The van der Waals surface area contributed by atoms with Gasteiger partial charge >= 0.3 is 6.18 Å². The Morgan fingerprint density at radius 1 is 1.29 bits per heavy atom. The number of alkyl halides is 3. The van der Waals surface area contributed by atoms with Crippen LogP contribution in [-0.2, 0) is 20.5 Å². The van der Waals surface area contributed by atoms with Crippen molar-refractivity contribution in [2.75, 3.05) is 24.6 Å². The largest absolute Gasteiger partial charge is 0.416 e. The van der Waals surface area contributed by atoms with Gasteiger partial charge in [-0.25, -0.2) is 0 Å². The van der Waals surface area contributed by atoms with Crippen LogP contribution in [-0.4, -0.2) is 37.6 Å². The van der Waals surface area contributed by atoms with Crippen LogP contribution in [0.2, 0.25) is 0 Å². The fourth-order valence-corrected chi connectivity index (χ4v) is 2.49. The maximum atomic E-state index is 12.6. The molecule has 1 saturated heterocycles. The molecule has 0 bridgehead atoms. The molecule has 0 aliphatic carbocycles. The molecule has 1 aliphatic rings. The molecule has 0 aromatic heterocycles. The summed E-state index contributed by atoms with van der Waals surface area (Å²) in [7, 11) is 0. The SMILES string of the molecule is CC(=O)N(CCNC(=O)C1CCCO1)c1ccc(C(F)(F)F)cc1. The van der Waals surface area contributed by atoms with Crippen LogP contribution in [0.5, 0.6) is 0 Å². The number of benzene rings is 1. The van der Waals surface area contributed by atoms with Gasteiger partial charge in [0, 0.05) is 32.3 Å². The Morgan fingerprint density at radius 2 is 1.96 bits per heavy atom. The first kappa shape index (κ1) is 18.3. The number of carbonyl (C=O) groups is 2. The highest BCUT2D eigenvalue weighted by Crippen LogP contribution is 2.30. The molecule has 1 unspecified atom stereocenters. The van der Waals surface area contributed by atoms with Crippen LogP contribution in [0.1, 0.15) is 25.3 Å². The lowest BCUT2D eigenvalue weighted by Gasteiger charge is -2.22. The zero-order valence-corrected chi connectivity index (χ0v) is 13.2. The van der Waals surface area contributed by atoms with E-state index in [4.69, 9.17) is 4.74 Å². The summed E-state index contributed by atoms with van der Waals surface area (Å²) in [6.45, 7) is 2.24. The maximum Gasteiger partial charge on any atom is 0.416 e. The molecule has 1 atom stereocenters. The molecule has 1 heterocycles. The Hall–Kier alpha value is -2.09. The number of anilines is 1. The van der Waals surface area contributed by atoms with Crippen molar-refractivity contribution >= 4 is 17.5 Å². The van der Waals surface area contributed by atoms with E-state index in [1.165, 1.54) is 24.0 Å². The number of amides is 2. The lowest BCUT2D eigenvalue weighted by atomic mass is 10.2. The summed E-state index contributed by atoms with van der Waals surface area (Å²) >= 11 is 0. The summed E-state index contributed by atoms with van der Waals surface area (Å²) in [5, 5.41) is 2.68. The number of carbonyl (C=O) groups excluding carboxylic acids is 2. The van der Waals surface area contributed by atoms with Gasteiger partial charge in [0.1, 0.15) is 6.10 Å². The third-order valence-corrected chi connectivity index (χ3v) is 3.74. The molecule has 1 aliphatic heterocycles. The van der Waals surface area contributed by atoms with Crippen LogP contribution >= 0.6 is 0 Å².